The Morgan fingerprint density at radius 3 is 2.27 bits per heavy atom. The molecule has 2 N–H and O–H groups in total. The highest BCUT2D eigenvalue weighted by molar-refractivity contribution is 5.76. The number of nitrogens with zero attached hydrogens (tertiary/aromatic N) is 1. The number of nitrogens with one attached hydrogen (secondary N) is 1. The van der Waals surface area contributed by atoms with E-state index in [0.717, 1.165) is 11.1 Å². The normalized spacial score (nSPS) is 11.6. The Hall–Kier alpha value is -3.71. The standard InChI is InChI=1S/C23H22N2O5/c26-22-12-11-20(25(28)29)14-19(22)15-24-21(13-17-7-3-1-4-8-17)23(27)30-16-18-9-5-2-6-10-18/h1-12,14,21,24,26H,13,15-16H2/t21-/m0/s1. The van der Waals surface area contributed by atoms with Crippen LogP contribution >= 0.6 is 0 Å². The Morgan fingerprint density at radius 2 is 1.63 bits per heavy atom. The number of phenols is 1. The summed E-state index contributed by atoms with van der Waals surface area (Å²) in [6, 6.07) is 21.9. The lowest BCUT2D eigenvalue weighted by Crippen LogP contribution is -2.39. The van der Waals surface area contributed by atoms with Crippen LogP contribution in [-0.4, -0.2) is 22.0 Å². The Kier molecular flexibility index (Phi) is 7.13. The first-order valence-electron chi connectivity index (χ1n) is 9.47. The van der Waals surface area contributed by atoms with Crippen molar-refractivity contribution in [2.75, 3.05) is 0 Å². The maximum absolute atomic E-state index is 12.7. The van der Waals surface area contributed by atoms with Gasteiger partial charge < -0.3 is 9.84 Å². The topological polar surface area (TPSA) is 102 Å². The molecule has 0 fully saturated rings. The summed E-state index contributed by atoms with van der Waals surface area (Å²) in [6.07, 6.45) is 0.379. The van der Waals surface area contributed by atoms with Crippen LogP contribution in [-0.2, 0) is 29.1 Å². The molecule has 0 bridgehead atoms. The average Bonchev–Trinajstić information content (AvgIpc) is 2.77. The quantitative estimate of drug-likeness (QED) is 0.319. The van der Waals surface area contributed by atoms with Crippen molar-refractivity contribution in [3.8, 4) is 5.75 Å². The van der Waals surface area contributed by atoms with Crippen LogP contribution < -0.4 is 5.32 Å². The molecule has 3 rings (SSSR count). The van der Waals surface area contributed by atoms with E-state index in [1.807, 2.05) is 60.7 Å². The Bertz CT molecular complexity index is 993. The number of nitro groups is 1. The minimum Gasteiger partial charge on any atom is -0.508 e. The summed E-state index contributed by atoms with van der Waals surface area (Å²) in [5.41, 5.74) is 2.02. The third-order valence-corrected chi connectivity index (χ3v) is 4.60. The van der Waals surface area contributed by atoms with E-state index >= 15 is 0 Å². The Labute approximate surface area is 174 Å². The van der Waals surface area contributed by atoms with Crippen LogP contribution in [0.5, 0.6) is 5.75 Å². The lowest BCUT2D eigenvalue weighted by molar-refractivity contribution is -0.384. The number of carbonyl (C=O) groups is 1. The van der Waals surface area contributed by atoms with Gasteiger partial charge in [-0.25, -0.2) is 0 Å². The predicted octanol–water partition coefficient (Wildman–Crippen LogP) is 3.74. The summed E-state index contributed by atoms with van der Waals surface area (Å²) in [7, 11) is 0. The van der Waals surface area contributed by atoms with Crippen LogP contribution in [0.2, 0.25) is 0 Å². The van der Waals surface area contributed by atoms with Crippen molar-refractivity contribution < 1.29 is 19.6 Å². The van der Waals surface area contributed by atoms with E-state index in [9.17, 15) is 20.0 Å². The van der Waals surface area contributed by atoms with Crippen molar-refractivity contribution in [3.05, 3.63) is 106 Å². The Balaban J connectivity index is 1.71. The number of esters is 1. The SMILES string of the molecule is O=C(OCc1ccccc1)[C@H](Cc1ccccc1)NCc1cc([N+](=O)[O-])ccc1O. The number of carbonyl (C=O) groups excluding carboxylic acids is 1. The van der Waals surface area contributed by atoms with Gasteiger partial charge in [0.05, 0.1) is 4.92 Å². The lowest BCUT2D eigenvalue weighted by Gasteiger charge is -2.18. The first-order valence-corrected chi connectivity index (χ1v) is 9.47. The van der Waals surface area contributed by atoms with Gasteiger partial charge in [-0.2, -0.15) is 0 Å². The van der Waals surface area contributed by atoms with E-state index in [-0.39, 0.29) is 24.6 Å². The highest BCUT2D eigenvalue weighted by Crippen LogP contribution is 2.23. The van der Waals surface area contributed by atoms with Crippen LogP contribution in [0, 0.1) is 10.1 Å². The minimum absolute atomic E-state index is 0.0749. The molecule has 30 heavy (non-hydrogen) atoms. The highest BCUT2D eigenvalue weighted by Gasteiger charge is 2.21. The summed E-state index contributed by atoms with van der Waals surface area (Å²) < 4.78 is 5.47. The molecule has 0 radical (unpaired) electrons. The number of phenolic OH excluding ortho intramolecular Hbond substituents is 1. The molecule has 0 aliphatic carbocycles. The molecule has 7 heteroatoms. The smallest absolute Gasteiger partial charge is 0.323 e. The van der Waals surface area contributed by atoms with Gasteiger partial charge in [-0.3, -0.25) is 20.2 Å². The van der Waals surface area contributed by atoms with Gasteiger partial charge in [-0.15, -0.1) is 0 Å². The van der Waals surface area contributed by atoms with Crippen molar-refractivity contribution in [2.24, 2.45) is 0 Å². The third kappa shape index (κ3) is 5.89. The van der Waals surface area contributed by atoms with E-state index in [0.29, 0.717) is 12.0 Å². The summed E-state index contributed by atoms with van der Waals surface area (Å²) in [5, 5.41) is 24.1. The molecule has 0 aliphatic rings. The summed E-state index contributed by atoms with van der Waals surface area (Å²) >= 11 is 0. The zero-order chi connectivity index (χ0) is 21.3. The molecular formula is C23H22N2O5. The minimum atomic E-state index is -0.685. The molecule has 0 aliphatic heterocycles. The first kappa shape index (κ1) is 21.0. The number of nitro benzene ring substituents is 1. The number of rotatable bonds is 9. The molecule has 7 nitrogen and oxygen atoms in total. The molecule has 0 amide bonds. The number of ether oxygens (including phenoxy) is 1. The molecule has 0 saturated heterocycles. The fraction of sp³-hybridized carbons (Fsp3) is 0.174. The van der Waals surface area contributed by atoms with Crippen LogP contribution in [0.4, 0.5) is 5.69 Å². The zero-order valence-electron chi connectivity index (χ0n) is 16.2. The zero-order valence-corrected chi connectivity index (χ0v) is 16.2. The molecule has 0 saturated carbocycles. The molecule has 1 atom stereocenters. The fourth-order valence-corrected chi connectivity index (χ4v) is 2.98. The van der Waals surface area contributed by atoms with Gasteiger partial charge in [-0.05, 0) is 23.6 Å². The van der Waals surface area contributed by atoms with Crippen LogP contribution in [0.25, 0.3) is 0 Å². The molecule has 0 unspecified atom stereocenters. The average molecular weight is 406 g/mol. The predicted molar refractivity (Wildman–Crippen MR) is 112 cm³/mol. The third-order valence-electron chi connectivity index (χ3n) is 4.60. The second-order valence-corrected chi connectivity index (χ2v) is 6.79. The van der Waals surface area contributed by atoms with Gasteiger partial charge in [-0.1, -0.05) is 60.7 Å². The molecule has 154 valence electrons. The van der Waals surface area contributed by atoms with E-state index in [4.69, 9.17) is 4.74 Å². The highest BCUT2D eigenvalue weighted by atomic mass is 16.6. The number of hydrogen-bond donors (Lipinski definition) is 2. The van der Waals surface area contributed by atoms with Gasteiger partial charge >= 0.3 is 5.97 Å². The van der Waals surface area contributed by atoms with Crippen molar-refractivity contribution >= 4 is 11.7 Å². The van der Waals surface area contributed by atoms with E-state index in [1.165, 1.54) is 18.2 Å². The second-order valence-electron chi connectivity index (χ2n) is 6.79. The van der Waals surface area contributed by atoms with Crippen LogP contribution in [0.3, 0.4) is 0 Å². The fourth-order valence-electron chi connectivity index (χ4n) is 2.98. The number of benzene rings is 3. The second kappa shape index (κ2) is 10.2. The lowest BCUT2D eigenvalue weighted by atomic mass is 10.1. The summed E-state index contributed by atoms with van der Waals surface area (Å²) in [4.78, 5) is 23.2. The van der Waals surface area contributed by atoms with Gasteiger partial charge in [0.1, 0.15) is 18.4 Å². The van der Waals surface area contributed by atoms with Crippen molar-refractivity contribution in [1.29, 1.82) is 0 Å². The molecule has 0 spiro atoms. The van der Waals surface area contributed by atoms with E-state index < -0.39 is 16.9 Å². The van der Waals surface area contributed by atoms with Gasteiger partial charge in [0.15, 0.2) is 0 Å². The number of hydrogen-bond acceptors (Lipinski definition) is 6. The number of non-ortho nitro benzene ring substituents is 1. The first-order chi connectivity index (χ1) is 14.5. The summed E-state index contributed by atoms with van der Waals surface area (Å²) in [5.74, 6) is -0.517. The maximum atomic E-state index is 12.7. The summed E-state index contributed by atoms with van der Waals surface area (Å²) in [6.45, 7) is 0.222. The number of aromatic hydroxyl groups is 1. The van der Waals surface area contributed by atoms with Crippen molar-refractivity contribution in [1.82, 2.24) is 5.32 Å². The molecular weight excluding hydrogens is 384 g/mol. The van der Waals surface area contributed by atoms with E-state index in [1.54, 1.807) is 0 Å². The van der Waals surface area contributed by atoms with Crippen LogP contribution in [0.1, 0.15) is 16.7 Å². The van der Waals surface area contributed by atoms with Crippen molar-refractivity contribution in [2.45, 2.75) is 25.6 Å². The van der Waals surface area contributed by atoms with E-state index in [2.05, 4.69) is 5.32 Å². The molecule has 3 aromatic carbocycles. The van der Waals surface area contributed by atoms with Crippen molar-refractivity contribution in [3.63, 3.8) is 0 Å². The Morgan fingerprint density at radius 1 is 1.00 bits per heavy atom. The largest absolute Gasteiger partial charge is 0.508 e. The molecule has 3 aromatic rings. The van der Waals surface area contributed by atoms with Gasteiger partial charge in [0, 0.05) is 24.2 Å². The maximum Gasteiger partial charge on any atom is 0.323 e. The molecule has 0 heterocycles. The van der Waals surface area contributed by atoms with Crippen LogP contribution in [0.15, 0.2) is 78.9 Å². The molecule has 0 aromatic heterocycles. The van der Waals surface area contributed by atoms with Gasteiger partial charge in [0.2, 0.25) is 0 Å². The monoisotopic (exact) mass is 406 g/mol. The van der Waals surface area contributed by atoms with Gasteiger partial charge in [0.25, 0.3) is 5.69 Å².